The maximum Gasteiger partial charge on any atom is 0.108 e. The minimum absolute atomic E-state index is 0.388. The Bertz CT molecular complexity index is 136. The third kappa shape index (κ3) is 1.46. The van der Waals surface area contributed by atoms with Gasteiger partial charge < -0.3 is 9.90 Å². The summed E-state index contributed by atoms with van der Waals surface area (Å²) in [6.07, 6.45) is 1.30. The summed E-state index contributed by atoms with van der Waals surface area (Å²) in [4.78, 5) is 10.2. The molecule has 2 unspecified atom stereocenters. The van der Waals surface area contributed by atoms with Crippen LogP contribution in [0.15, 0.2) is 0 Å². The van der Waals surface area contributed by atoms with Crippen LogP contribution < -0.4 is 5.11 Å². The van der Waals surface area contributed by atoms with E-state index in [4.69, 9.17) is 0 Å². The molecule has 0 aromatic heterocycles. The Morgan fingerprint density at radius 1 is 1.40 bits per heavy atom. The highest BCUT2D eigenvalue weighted by Crippen LogP contribution is 2.26. The predicted molar refractivity (Wildman–Crippen MR) is 31.9 cm³/mol. The molecule has 0 spiro atoms. The number of hydrogen-bond donors (Lipinski definition) is 0. The van der Waals surface area contributed by atoms with E-state index in [1.54, 1.807) is 0 Å². The molecule has 0 amide bonds. The Balaban J connectivity index is 2.47. The smallest absolute Gasteiger partial charge is 0.108 e. The number of hydrogen-bond acceptors (Lipinski definition) is 2. The van der Waals surface area contributed by atoms with E-state index in [2.05, 4.69) is 0 Å². The fourth-order valence-corrected chi connectivity index (χ4v) is 1.35. The zero-order chi connectivity index (χ0) is 7.56. The summed E-state index contributed by atoms with van der Waals surface area (Å²) < 4.78 is 12.7. The first-order valence-electron chi connectivity index (χ1n) is 3.56. The van der Waals surface area contributed by atoms with E-state index in [0.717, 1.165) is 12.8 Å². The lowest BCUT2D eigenvalue weighted by Crippen LogP contribution is -2.38. The summed E-state index contributed by atoms with van der Waals surface area (Å²) in [6.45, 7) is 0. The first-order chi connectivity index (χ1) is 4.72. The second-order valence-electron chi connectivity index (χ2n) is 2.73. The summed E-state index contributed by atoms with van der Waals surface area (Å²) in [6, 6.07) is 0. The van der Waals surface area contributed by atoms with Gasteiger partial charge in [-0.2, -0.15) is 0 Å². The molecule has 0 heterocycles. The Morgan fingerprint density at radius 3 is 2.40 bits per heavy atom. The van der Waals surface area contributed by atoms with Gasteiger partial charge in [-0.1, -0.05) is 12.8 Å². The average Bonchev–Trinajstić information content (AvgIpc) is 1.88. The van der Waals surface area contributed by atoms with Gasteiger partial charge in [0.05, 0.1) is 0 Å². The molecule has 3 heteroatoms. The highest BCUT2D eigenvalue weighted by atomic mass is 19.1. The van der Waals surface area contributed by atoms with E-state index >= 15 is 0 Å². The molecule has 10 heavy (non-hydrogen) atoms. The zero-order valence-electron chi connectivity index (χ0n) is 5.68. The van der Waals surface area contributed by atoms with E-state index in [0.29, 0.717) is 12.8 Å². The molecular weight excluding hydrogens is 135 g/mol. The van der Waals surface area contributed by atoms with Gasteiger partial charge in [-0.25, -0.2) is 4.39 Å². The molecule has 2 nitrogen and oxygen atoms in total. The number of carboxylic acids is 1. The first kappa shape index (κ1) is 7.51. The second-order valence-corrected chi connectivity index (χ2v) is 2.73. The van der Waals surface area contributed by atoms with Crippen LogP contribution in [0.1, 0.15) is 25.7 Å². The molecule has 0 saturated heterocycles. The number of carbonyl (C=O) groups excluding carboxylic acids is 1. The van der Waals surface area contributed by atoms with Crippen molar-refractivity contribution in [1.29, 1.82) is 0 Å². The number of rotatable bonds is 1. The van der Waals surface area contributed by atoms with Gasteiger partial charge in [0.15, 0.2) is 0 Å². The van der Waals surface area contributed by atoms with Crippen LogP contribution in [0.25, 0.3) is 0 Å². The molecule has 1 fully saturated rings. The van der Waals surface area contributed by atoms with Crippen LogP contribution in [0.5, 0.6) is 0 Å². The molecule has 0 N–H and O–H groups in total. The highest BCUT2D eigenvalue weighted by Gasteiger charge is 2.25. The average molecular weight is 145 g/mol. The lowest BCUT2D eigenvalue weighted by molar-refractivity contribution is -0.314. The maximum atomic E-state index is 12.7. The van der Waals surface area contributed by atoms with E-state index in [-0.39, 0.29) is 0 Å². The Morgan fingerprint density at radius 2 is 2.00 bits per heavy atom. The molecule has 1 saturated carbocycles. The van der Waals surface area contributed by atoms with Crippen LogP contribution >= 0.6 is 0 Å². The molecule has 0 aliphatic heterocycles. The van der Waals surface area contributed by atoms with Gasteiger partial charge in [-0.15, -0.1) is 0 Å². The third-order valence-electron chi connectivity index (χ3n) is 1.98. The van der Waals surface area contributed by atoms with Crippen molar-refractivity contribution in [2.45, 2.75) is 31.9 Å². The molecule has 1 rings (SSSR count). The largest absolute Gasteiger partial charge is 0.550 e. The van der Waals surface area contributed by atoms with Crippen molar-refractivity contribution in [2.24, 2.45) is 5.92 Å². The standard InChI is InChI=1S/C7H11FO2/c8-6-4-2-1-3-5(6)7(9)10/h5-6H,1-4H2,(H,9,10)/p-1. The minimum atomic E-state index is -1.23. The summed E-state index contributed by atoms with van der Waals surface area (Å²) in [5.74, 6) is -2.07. The molecule has 0 radical (unpaired) electrons. The normalized spacial score (nSPS) is 33.7. The SMILES string of the molecule is O=C([O-])C1CCCCC1F. The van der Waals surface area contributed by atoms with Gasteiger partial charge in [0.2, 0.25) is 0 Å². The zero-order valence-corrected chi connectivity index (χ0v) is 5.68. The summed E-state index contributed by atoms with van der Waals surface area (Å²) in [7, 11) is 0. The predicted octanol–water partition coefficient (Wildman–Crippen LogP) is 0.265. The Kier molecular flexibility index (Phi) is 2.25. The fraction of sp³-hybridized carbons (Fsp3) is 0.857. The van der Waals surface area contributed by atoms with Gasteiger partial charge in [0.25, 0.3) is 0 Å². The van der Waals surface area contributed by atoms with Gasteiger partial charge in [0, 0.05) is 11.9 Å². The molecule has 0 aromatic rings. The minimum Gasteiger partial charge on any atom is -0.550 e. The topological polar surface area (TPSA) is 40.1 Å². The molecule has 0 aromatic carbocycles. The van der Waals surface area contributed by atoms with Crippen molar-refractivity contribution < 1.29 is 14.3 Å². The van der Waals surface area contributed by atoms with Crippen molar-refractivity contribution in [1.82, 2.24) is 0 Å². The van der Waals surface area contributed by atoms with E-state index in [1.165, 1.54) is 0 Å². The van der Waals surface area contributed by atoms with Crippen LogP contribution in [0, 0.1) is 5.92 Å². The molecular formula is C7H10FO2-. The van der Waals surface area contributed by atoms with E-state index in [1.807, 2.05) is 0 Å². The van der Waals surface area contributed by atoms with Crippen molar-refractivity contribution in [2.75, 3.05) is 0 Å². The number of aliphatic carboxylic acids is 1. The second kappa shape index (κ2) is 2.99. The van der Waals surface area contributed by atoms with Gasteiger partial charge in [-0.05, 0) is 12.8 Å². The number of carbonyl (C=O) groups is 1. The van der Waals surface area contributed by atoms with Gasteiger partial charge >= 0.3 is 0 Å². The van der Waals surface area contributed by atoms with Crippen molar-refractivity contribution >= 4 is 5.97 Å². The first-order valence-corrected chi connectivity index (χ1v) is 3.56. The lowest BCUT2D eigenvalue weighted by atomic mass is 9.88. The van der Waals surface area contributed by atoms with Crippen molar-refractivity contribution in [3.63, 3.8) is 0 Å². The van der Waals surface area contributed by atoms with Gasteiger partial charge in [-0.3, -0.25) is 0 Å². The molecule has 1 aliphatic rings. The molecule has 2 atom stereocenters. The monoisotopic (exact) mass is 145 g/mol. The van der Waals surface area contributed by atoms with E-state index in [9.17, 15) is 14.3 Å². The summed E-state index contributed by atoms with van der Waals surface area (Å²) in [5, 5.41) is 10.2. The van der Waals surface area contributed by atoms with Crippen LogP contribution in [-0.2, 0) is 4.79 Å². The quantitative estimate of drug-likeness (QED) is 0.531. The third-order valence-corrected chi connectivity index (χ3v) is 1.98. The van der Waals surface area contributed by atoms with Crippen LogP contribution in [0.4, 0.5) is 4.39 Å². The number of carboxylic acid groups (broad SMARTS) is 1. The molecule has 0 bridgehead atoms. The fourth-order valence-electron chi connectivity index (χ4n) is 1.35. The van der Waals surface area contributed by atoms with Crippen molar-refractivity contribution in [3.8, 4) is 0 Å². The maximum absolute atomic E-state index is 12.7. The summed E-state index contributed by atoms with van der Waals surface area (Å²) >= 11 is 0. The lowest BCUT2D eigenvalue weighted by Gasteiger charge is -2.26. The van der Waals surface area contributed by atoms with Crippen LogP contribution in [-0.4, -0.2) is 12.1 Å². The molecule has 58 valence electrons. The molecule has 1 aliphatic carbocycles. The van der Waals surface area contributed by atoms with Crippen molar-refractivity contribution in [3.05, 3.63) is 0 Å². The number of alkyl halides is 1. The highest BCUT2D eigenvalue weighted by molar-refractivity contribution is 5.68. The Hall–Kier alpha value is -0.600. The van der Waals surface area contributed by atoms with E-state index < -0.39 is 18.1 Å². The summed E-state index contributed by atoms with van der Waals surface area (Å²) in [5.41, 5.74) is 0. The van der Waals surface area contributed by atoms with Crippen LogP contribution in [0.3, 0.4) is 0 Å². The Labute approximate surface area is 59.0 Å². The number of halogens is 1. The van der Waals surface area contributed by atoms with Crippen LogP contribution in [0.2, 0.25) is 0 Å². The van der Waals surface area contributed by atoms with Gasteiger partial charge in [0.1, 0.15) is 6.17 Å².